The van der Waals surface area contributed by atoms with E-state index in [1.54, 1.807) is 14.0 Å². The van der Waals surface area contributed by atoms with Crippen LogP contribution in [0.4, 0.5) is 4.79 Å². The summed E-state index contributed by atoms with van der Waals surface area (Å²) in [5.74, 6) is -0.400. The van der Waals surface area contributed by atoms with E-state index in [2.05, 4.69) is 22.3 Å². The number of esters is 1. The minimum absolute atomic E-state index is 0.234. The molecule has 0 fully saturated rings. The van der Waals surface area contributed by atoms with E-state index in [0.29, 0.717) is 24.4 Å². The van der Waals surface area contributed by atoms with Crippen LogP contribution in [0.15, 0.2) is 59.8 Å². The Morgan fingerprint density at radius 1 is 1.13 bits per heavy atom. The average Bonchev–Trinajstić information content (AvgIpc) is 2.73. The summed E-state index contributed by atoms with van der Waals surface area (Å²) >= 11 is 0. The van der Waals surface area contributed by atoms with Crippen molar-refractivity contribution in [2.24, 2.45) is 0 Å². The van der Waals surface area contributed by atoms with Gasteiger partial charge >= 0.3 is 12.0 Å². The van der Waals surface area contributed by atoms with Gasteiger partial charge in [0.2, 0.25) is 0 Å². The van der Waals surface area contributed by atoms with Crippen LogP contribution >= 0.6 is 0 Å². The van der Waals surface area contributed by atoms with Gasteiger partial charge in [-0.1, -0.05) is 54.1 Å². The number of carbonyl (C=O) groups is 2. The number of nitrogens with zero attached hydrogens (tertiary/aromatic N) is 2. The van der Waals surface area contributed by atoms with Crippen LogP contribution in [-0.4, -0.2) is 49.0 Å². The number of nitrogens with one attached hydrogen (secondary N) is 1. The maximum atomic E-state index is 13.1. The van der Waals surface area contributed by atoms with E-state index < -0.39 is 12.0 Å². The molecule has 6 nitrogen and oxygen atoms in total. The van der Waals surface area contributed by atoms with Crippen LogP contribution in [0.25, 0.3) is 0 Å². The monoisotopic (exact) mass is 421 g/mol. The molecule has 0 saturated carbocycles. The largest absolute Gasteiger partial charge is 0.463 e. The van der Waals surface area contributed by atoms with Gasteiger partial charge in [-0.15, -0.1) is 0 Å². The third-order valence-corrected chi connectivity index (χ3v) is 5.53. The SMILES string of the molecule is CCOC(=O)C1=C(CN(C)Cc2ccccc2)N(C)C(=O)NC1c1cc(C)ccc1C. The Kier molecular flexibility index (Phi) is 7.13. The first-order valence-corrected chi connectivity index (χ1v) is 10.6. The van der Waals surface area contributed by atoms with Gasteiger partial charge in [0, 0.05) is 25.8 Å². The van der Waals surface area contributed by atoms with Crippen molar-refractivity contribution in [3.63, 3.8) is 0 Å². The van der Waals surface area contributed by atoms with Crippen molar-refractivity contribution < 1.29 is 14.3 Å². The molecule has 1 atom stereocenters. The summed E-state index contributed by atoms with van der Waals surface area (Å²) in [4.78, 5) is 29.6. The summed E-state index contributed by atoms with van der Waals surface area (Å²) in [5, 5.41) is 3.00. The maximum absolute atomic E-state index is 13.1. The van der Waals surface area contributed by atoms with Crippen molar-refractivity contribution in [1.29, 1.82) is 0 Å². The fraction of sp³-hybridized carbons (Fsp3) is 0.360. The first-order valence-electron chi connectivity index (χ1n) is 10.6. The van der Waals surface area contributed by atoms with Gasteiger partial charge in [0.1, 0.15) is 0 Å². The van der Waals surface area contributed by atoms with Crippen molar-refractivity contribution in [1.82, 2.24) is 15.1 Å². The molecule has 0 radical (unpaired) electrons. The van der Waals surface area contributed by atoms with Gasteiger partial charge < -0.3 is 10.1 Å². The summed E-state index contributed by atoms with van der Waals surface area (Å²) in [7, 11) is 3.68. The van der Waals surface area contributed by atoms with E-state index >= 15 is 0 Å². The van der Waals surface area contributed by atoms with E-state index in [1.165, 1.54) is 4.90 Å². The highest BCUT2D eigenvalue weighted by Gasteiger charge is 2.37. The number of benzene rings is 2. The van der Waals surface area contributed by atoms with Crippen LogP contribution in [0.1, 0.15) is 35.2 Å². The Bertz CT molecular complexity index is 985. The van der Waals surface area contributed by atoms with Gasteiger partial charge in [-0.25, -0.2) is 9.59 Å². The number of amides is 2. The van der Waals surface area contributed by atoms with Crippen LogP contribution < -0.4 is 5.32 Å². The number of hydrogen-bond acceptors (Lipinski definition) is 4. The lowest BCUT2D eigenvalue weighted by atomic mass is 9.90. The minimum Gasteiger partial charge on any atom is -0.463 e. The molecule has 1 heterocycles. The summed E-state index contributed by atoms with van der Waals surface area (Å²) in [6, 6.07) is 15.4. The zero-order valence-corrected chi connectivity index (χ0v) is 18.9. The molecule has 2 aromatic rings. The van der Waals surface area contributed by atoms with E-state index in [9.17, 15) is 9.59 Å². The molecular formula is C25H31N3O3. The number of carbonyl (C=O) groups excluding carboxylic acids is 2. The lowest BCUT2D eigenvalue weighted by molar-refractivity contribution is -0.139. The third kappa shape index (κ3) is 5.14. The van der Waals surface area contributed by atoms with Crippen molar-refractivity contribution in [2.45, 2.75) is 33.4 Å². The molecule has 6 heteroatoms. The molecule has 1 N–H and O–H groups in total. The number of ether oxygens (including phenoxy) is 1. The second kappa shape index (κ2) is 9.79. The third-order valence-electron chi connectivity index (χ3n) is 5.53. The quantitative estimate of drug-likeness (QED) is 0.688. The number of rotatable bonds is 7. The fourth-order valence-corrected chi connectivity index (χ4v) is 3.91. The van der Waals surface area contributed by atoms with Gasteiger partial charge in [0.25, 0.3) is 0 Å². The Balaban J connectivity index is 2.04. The average molecular weight is 422 g/mol. The molecule has 0 spiro atoms. The lowest BCUT2D eigenvalue weighted by Crippen LogP contribution is -2.49. The highest BCUT2D eigenvalue weighted by molar-refractivity contribution is 5.95. The molecule has 3 rings (SSSR count). The van der Waals surface area contributed by atoms with E-state index in [-0.39, 0.29) is 12.6 Å². The Morgan fingerprint density at radius 3 is 2.52 bits per heavy atom. The molecule has 0 aromatic heterocycles. The van der Waals surface area contributed by atoms with Gasteiger partial charge in [0.15, 0.2) is 0 Å². The molecule has 2 amide bonds. The topological polar surface area (TPSA) is 61.9 Å². The van der Waals surface area contributed by atoms with Gasteiger partial charge in [-0.3, -0.25) is 9.80 Å². The first-order chi connectivity index (χ1) is 14.8. The van der Waals surface area contributed by atoms with Crippen LogP contribution in [0, 0.1) is 13.8 Å². The predicted molar refractivity (Wildman–Crippen MR) is 121 cm³/mol. The number of aryl methyl sites for hydroxylation is 2. The maximum Gasteiger partial charge on any atom is 0.338 e. The summed E-state index contributed by atoms with van der Waals surface area (Å²) in [5.41, 5.74) is 5.30. The molecule has 164 valence electrons. The molecule has 31 heavy (non-hydrogen) atoms. The molecule has 0 aliphatic carbocycles. The Hall–Kier alpha value is -3.12. The van der Waals surface area contributed by atoms with Gasteiger partial charge in [-0.05, 0) is 44.5 Å². The molecule has 2 aromatic carbocycles. The van der Waals surface area contributed by atoms with Crippen LogP contribution in [0.5, 0.6) is 0 Å². The molecule has 1 unspecified atom stereocenters. The van der Waals surface area contributed by atoms with Crippen molar-refractivity contribution >= 4 is 12.0 Å². The number of likely N-dealkylation sites (N-methyl/N-ethyl adjacent to an activating group) is 2. The normalized spacial score (nSPS) is 16.5. The standard InChI is InChI=1S/C25H31N3O3/c1-6-31-24(29)22-21(16-27(4)15-19-10-8-7-9-11-19)28(5)25(30)26-23(22)20-14-17(2)12-13-18(20)3/h7-14,23H,6,15-16H2,1-5H3,(H,26,30). The van der Waals surface area contributed by atoms with Gasteiger partial charge in [0.05, 0.1) is 18.2 Å². The number of urea groups is 1. The summed E-state index contributed by atoms with van der Waals surface area (Å²) in [6.07, 6.45) is 0. The van der Waals surface area contributed by atoms with Crippen LogP contribution in [0.3, 0.4) is 0 Å². The second-order valence-corrected chi connectivity index (χ2v) is 8.04. The fourth-order valence-electron chi connectivity index (χ4n) is 3.91. The Morgan fingerprint density at radius 2 is 1.84 bits per heavy atom. The molecule has 0 bridgehead atoms. The van der Waals surface area contributed by atoms with E-state index in [4.69, 9.17) is 4.74 Å². The predicted octanol–water partition coefficient (Wildman–Crippen LogP) is 3.95. The van der Waals surface area contributed by atoms with Gasteiger partial charge in [-0.2, -0.15) is 0 Å². The highest BCUT2D eigenvalue weighted by Crippen LogP contribution is 2.33. The van der Waals surface area contributed by atoms with Crippen molar-refractivity contribution in [3.8, 4) is 0 Å². The smallest absolute Gasteiger partial charge is 0.338 e. The zero-order chi connectivity index (χ0) is 22.5. The first kappa shape index (κ1) is 22.6. The zero-order valence-electron chi connectivity index (χ0n) is 18.9. The van der Waals surface area contributed by atoms with E-state index in [1.807, 2.05) is 57.3 Å². The molecule has 1 aliphatic heterocycles. The molecular weight excluding hydrogens is 390 g/mol. The molecule has 1 aliphatic rings. The summed E-state index contributed by atoms with van der Waals surface area (Å²) in [6.45, 7) is 7.19. The highest BCUT2D eigenvalue weighted by atomic mass is 16.5. The Labute approximate surface area is 184 Å². The van der Waals surface area contributed by atoms with Crippen LogP contribution in [-0.2, 0) is 16.1 Å². The number of hydrogen-bond donors (Lipinski definition) is 1. The van der Waals surface area contributed by atoms with E-state index in [0.717, 1.165) is 22.3 Å². The lowest BCUT2D eigenvalue weighted by Gasteiger charge is -2.36. The minimum atomic E-state index is -0.553. The van der Waals surface area contributed by atoms with Crippen molar-refractivity contribution in [3.05, 3.63) is 82.1 Å². The second-order valence-electron chi connectivity index (χ2n) is 8.04. The summed E-state index contributed by atoms with van der Waals surface area (Å²) < 4.78 is 5.42. The molecule has 0 saturated heterocycles. The van der Waals surface area contributed by atoms with Crippen LogP contribution in [0.2, 0.25) is 0 Å². The van der Waals surface area contributed by atoms with Crippen molar-refractivity contribution in [2.75, 3.05) is 27.2 Å².